The van der Waals surface area contributed by atoms with Gasteiger partial charge in [0.25, 0.3) is 5.56 Å². The predicted molar refractivity (Wildman–Crippen MR) is 113 cm³/mol. The molecule has 0 bridgehead atoms. The molecule has 0 saturated heterocycles. The minimum absolute atomic E-state index is 0.0690. The molecule has 4 nitrogen and oxygen atoms in total. The highest BCUT2D eigenvalue weighted by atomic mass is 32.1. The van der Waals surface area contributed by atoms with Crippen molar-refractivity contribution in [3.63, 3.8) is 0 Å². The van der Waals surface area contributed by atoms with Crippen molar-refractivity contribution in [3.8, 4) is 27.7 Å². The van der Waals surface area contributed by atoms with E-state index in [0.717, 1.165) is 34.1 Å². The van der Waals surface area contributed by atoms with E-state index in [1.807, 2.05) is 66.7 Å². The molecular formula is C23H19NO3S. The fourth-order valence-electron chi connectivity index (χ4n) is 2.78. The summed E-state index contributed by atoms with van der Waals surface area (Å²) >= 11 is 1.34. The van der Waals surface area contributed by atoms with Crippen LogP contribution in [-0.2, 0) is 6.42 Å². The van der Waals surface area contributed by atoms with Crippen LogP contribution < -0.4 is 15.0 Å². The maximum atomic E-state index is 11.2. The van der Waals surface area contributed by atoms with Gasteiger partial charge in [-0.25, -0.2) is 0 Å². The van der Waals surface area contributed by atoms with Gasteiger partial charge >= 0.3 is 0 Å². The number of hydrogen-bond acceptors (Lipinski definition) is 4. The lowest BCUT2D eigenvalue weighted by Gasteiger charge is -2.08. The number of para-hydroxylation sites is 1. The summed E-state index contributed by atoms with van der Waals surface area (Å²) in [5.74, 6) is 2.46. The Labute approximate surface area is 167 Å². The smallest absolute Gasteiger partial charge is 0.258 e. The van der Waals surface area contributed by atoms with Crippen molar-refractivity contribution >= 4 is 11.5 Å². The third-order valence-corrected chi connectivity index (χ3v) is 5.10. The highest BCUT2D eigenvalue weighted by Crippen LogP contribution is 2.24. The average molecular weight is 389 g/mol. The SMILES string of the molecule is O=c1cc(-c2ccc(OCCc3ccc(Oc4ccccc4)cc3)cc2)s[nH]1. The Morgan fingerprint density at radius 3 is 2.14 bits per heavy atom. The van der Waals surface area contributed by atoms with Gasteiger partial charge in [0.05, 0.1) is 11.5 Å². The number of H-pyrrole nitrogens is 1. The zero-order valence-electron chi connectivity index (χ0n) is 15.1. The minimum Gasteiger partial charge on any atom is -0.493 e. The molecule has 0 spiro atoms. The van der Waals surface area contributed by atoms with Crippen LogP contribution >= 0.6 is 11.5 Å². The van der Waals surface area contributed by atoms with Crippen LogP contribution in [0.15, 0.2) is 89.7 Å². The van der Waals surface area contributed by atoms with Crippen molar-refractivity contribution in [2.75, 3.05) is 6.61 Å². The molecule has 0 aliphatic heterocycles. The second kappa shape index (κ2) is 8.59. The number of rotatable bonds is 7. The average Bonchev–Trinajstić information content (AvgIpc) is 3.17. The second-order valence-corrected chi connectivity index (χ2v) is 7.11. The first-order chi connectivity index (χ1) is 13.8. The summed E-state index contributed by atoms with van der Waals surface area (Å²) in [6, 6.07) is 27.2. The van der Waals surface area contributed by atoms with Crippen LogP contribution in [0.4, 0.5) is 0 Å². The lowest BCUT2D eigenvalue weighted by Crippen LogP contribution is -2.01. The van der Waals surface area contributed by atoms with Crippen LogP contribution in [0.25, 0.3) is 10.4 Å². The zero-order valence-corrected chi connectivity index (χ0v) is 15.9. The summed E-state index contributed by atoms with van der Waals surface area (Å²) in [6.45, 7) is 0.593. The molecule has 140 valence electrons. The largest absolute Gasteiger partial charge is 0.493 e. The quantitative estimate of drug-likeness (QED) is 0.453. The first-order valence-corrected chi connectivity index (χ1v) is 9.81. The summed E-state index contributed by atoms with van der Waals surface area (Å²) in [4.78, 5) is 12.2. The molecule has 0 aliphatic rings. The molecule has 28 heavy (non-hydrogen) atoms. The van der Waals surface area contributed by atoms with Crippen LogP contribution in [-0.4, -0.2) is 11.0 Å². The summed E-state index contributed by atoms with van der Waals surface area (Å²) < 4.78 is 14.3. The highest BCUT2D eigenvalue weighted by molar-refractivity contribution is 7.09. The van der Waals surface area contributed by atoms with E-state index in [4.69, 9.17) is 9.47 Å². The number of aromatic nitrogens is 1. The van der Waals surface area contributed by atoms with Crippen LogP contribution in [0, 0.1) is 0 Å². The van der Waals surface area contributed by atoms with E-state index < -0.39 is 0 Å². The van der Waals surface area contributed by atoms with E-state index in [9.17, 15) is 4.79 Å². The first-order valence-electron chi connectivity index (χ1n) is 9.00. The van der Waals surface area contributed by atoms with E-state index >= 15 is 0 Å². The standard InChI is InChI=1S/C23H19NO3S/c25-23-16-22(28-24-23)18-8-12-19(13-9-18)26-15-14-17-6-10-21(11-7-17)27-20-4-2-1-3-5-20/h1-13,16H,14-15H2,(H,24,25). The Morgan fingerprint density at radius 1 is 0.786 bits per heavy atom. The monoisotopic (exact) mass is 389 g/mol. The second-order valence-electron chi connectivity index (χ2n) is 6.26. The van der Waals surface area contributed by atoms with Gasteiger partial charge < -0.3 is 9.47 Å². The van der Waals surface area contributed by atoms with Gasteiger partial charge in [0.15, 0.2) is 0 Å². The third kappa shape index (κ3) is 4.69. The number of benzene rings is 3. The molecule has 1 heterocycles. The molecule has 1 N–H and O–H groups in total. The first kappa shape index (κ1) is 18.1. The normalized spacial score (nSPS) is 10.6. The van der Waals surface area contributed by atoms with Crippen molar-refractivity contribution < 1.29 is 9.47 Å². The Hall–Kier alpha value is -3.31. The molecule has 4 rings (SSSR count). The van der Waals surface area contributed by atoms with Crippen molar-refractivity contribution in [2.24, 2.45) is 0 Å². The van der Waals surface area contributed by atoms with Gasteiger partial charge in [-0.3, -0.25) is 9.17 Å². The van der Waals surface area contributed by atoms with E-state index in [1.54, 1.807) is 6.07 Å². The molecule has 0 radical (unpaired) electrons. The van der Waals surface area contributed by atoms with Crippen LogP contribution in [0.5, 0.6) is 17.2 Å². The maximum Gasteiger partial charge on any atom is 0.258 e. The molecule has 5 heteroatoms. The summed E-state index contributed by atoms with van der Waals surface area (Å²) in [6.07, 6.45) is 0.812. The summed E-state index contributed by atoms with van der Waals surface area (Å²) in [5.41, 5.74) is 2.12. The summed E-state index contributed by atoms with van der Waals surface area (Å²) in [5, 5.41) is 0. The van der Waals surface area contributed by atoms with Crippen LogP contribution in [0.3, 0.4) is 0 Å². The zero-order chi connectivity index (χ0) is 19.2. The Balaban J connectivity index is 1.28. The fourth-order valence-corrected chi connectivity index (χ4v) is 3.47. The van der Waals surface area contributed by atoms with Crippen molar-refractivity contribution in [3.05, 3.63) is 101 Å². The fraction of sp³-hybridized carbons (Fsp3) is 0.0870. The van der Waals surface area contributed by atoms with E-state index in [-0.39, 0.29) is 5.56 Å². The molecule has 0 atom stereocenters. The predicted octanol–water partition coefficient (Wildman–Crippen LogP) is 5.52. The molecule has 1 aromatic heterocycles. The lowest BCUT2D eigenvalue weighted by atomic mass is 10.1. The van der Waals surface area contributed by atoms with Gasteiger partial charge in [-0.2, -0.15) is 0 Å². The van der Waals surface area contributed by atoms with Crippen molar-refractivity contribution in [1.82, 2.24) is 4.37 Å². The van der Waals surface area contributed by atoms with Gasteiger partial charge in [0, 0.05) is 12.5 Å². The molecule has 0 aliphatic carbocycles. The van der Waals surface area contributed by atoms with Crippen LogP contribution in [0.1, 0.15) is 5.56 Å². The lowest BCUT2D eigenvalue weighted by molar-refractivity contribution is 0.322. The Morgan fingerprint density at radius 2 is 1.46 bits per heavy atom. The molecular weight excluding hydrogens is 370 g/mol. The molecule has 0 fully saturated rings. The van der Waals surface area contributed by atoms with Gasteiger partial charge in [-0.15, -0.1) is 0 Å². The number of hydrogen-bond donors (Lipinski definition) is 1. The van der Waals surface area contributed by atoms with Gasteiger partial charge in [-0.05, 0) is 59.7 Å². The molecule has 3 aromatic carbocycles. The topological polar surface area (TPSA) is 51.3 Å². The van der Waals surface area contributed by atoms with Gasteiger partial charge in [0.2, 0.25) is 0 Å². The number of ether oxygens (including phenoxy) is 2. The Kier molecular flexibility index (Phi) is 5.54. The van der Waals surface area contributed by atoms with Crippen molar-refractivity contribution in [2.45, 2.75) is 6.42 Å². The number of nitrogens with one attached hydrogen (secondary N) is 1. The molecule has 0 saturated carbocycles. The third-order valence-electron chi connectivity index (χ3n) is 4.22. The highest BCUT2D eigenvalue weighted by Gasteiger charge is 2.03. The Bertz CT molecular complexity index is 1070. The summed E-state index contributed by atoms with van der Waals surface area (Å²) in [7, 11) is 0. The molecule has 4 aromatic rings. The number of aromatic amines is 1. The minimum atomic E-state index is -0.0690. The van der Waals surface area contributed by atoms with Gasteiger partial charge in [0.1, 0.15) is 17.2 Å². The maximum absolute atomic E-state index is 11.2. The van der Waals surface area contributed by atoms with Crippen LogP contribution in [0.2, 0.25) is 0 Å². The van der Waals surface area contributed by atoms with Gasteiger partial charge in [-0.1, -0.05) is 41.9 Å². The van der Waals surface area contributed by atoms with E-state index in [2.05, 4.69) is 16.5 Å². The van der Waals surface area contributed by atoms with E-state index in [0.29, 0.717) is 6.61 Å². The molecule has 0 amide bonds. The molecule has 0 unspecified atom stereocenters. The van der Waals surface area contributed by atoms with Crippen molar-refractivity contribution in [1.29, 1.82) is 0 Å². The van der Waals surface area contributed by atoms with E-state index in [1.165, 1.54) is 17.1 Å².